The molecule has 0 bridgehead atoms. The molecule has 100 valence electrons. The second-order valence-electron chi connectivity index (χ2n) is 4.45. The molecular formula is C14H17N3OS. The minimum Gasteiger partial charge on any atom is -0.349 e. The molecule has 2 heterocycles. The second kappa shape index (κ2) is 6.43. The maximum Gasteiger partial charge on any atom is 0.254 e. The van der Waals surface area contributed by atoms with Crippen LogP contribution in [0.2, 0.25) is 0 Å². The first-order chi connectivity index (χ1) is 9.19. The van der Waals surface area contributed by atoms with Gasteiger partial charge in [-0.3, -0.25) is 4.79 Å². The molecule has 0 aliphatic heterocycles. The van der Waals surface area contributed by atoms with Crippen molar-refractivity contribution in [2.45, 2.75) is 32.7 Å². The third kappa shape index (κ3) is 3.86. The third-order valence-electron chi connectivity index (χ3n) is 2.78. The van der Waals surface area contributed by atoms with Crippen molar-refractivity contribution >= 4 is 17.2 Å². The van der Waals surface area contributed by atoms with Crippen LogP contribution in [0.25, 0.3) is 0 Å². The van der Waals surface area contributed by atoms with Crippen molar-refractivity contribution in [2.24, 2.45) is 0 Å². The van der Waals surface area contributed by atoms with Gasteiger partial charge in [0.25, 0.3) is 5.91 Å². The molecule has 2 aromatic rings. The van der Waals surface area contributed by atoms with Gasteiger partial charge in [-0.25, -0.2) is 9.97 Å². The first kappa shape index (κ1) is 13.7. The number of nitrogens with one attached hydrogen (secondary N) is 1. The van der Waals surface area contributed by atoms with Gasteiger partial charge in [-0.15, -0.1) is 0 Å². The van der Waals surface area contributed by atoms with Gasteiger partial charge in [-0.05, 0) is 35.7 Å². The lowest BCUT2D eigenvalue weighted by molar-refractivity contribution is 0.0939. The first-order valence-electron chi connectivity index (χ1n) is 6.32. The Morgan fingerprint density at radius 3 is 2.74 bits per heavy atom. The van der Waals surface area contributed by atoms with Crippen molar-refractivity contribution in [3.05, 3.63) is 46.2 Å². The number of aryl methyl sites for hydroxylation is 1. The van der Waals surface area contributed by atoms with E-state index in [2.05, 4.69) is 26.7 Å². The summed E-state index contributed by atoms with van der Waals surface area (Å²) in [5.74, 6) is 0.633. The maximum absolute atomic E-state index is 12.0. The molecule has 4 nitrogen and oxygen atoms in total. The van der Waals surface area contributed by atoms with Gasteiger partial charge in [0.1, 0.15) is 5.82 Å². The summed E-state index contributed by atoms with van der Waals surface area (Å²) in [5, 5.41) is 7.10. The van der Waals surface area contributed by atoms with E-state index < -0.39 is 0 Å². The normalized spacial score (nSPS) is 12.1. The Labute approximate surface area is 116 Å². The summed E-state index contributed by atoms with van der Waals surface area (Å²) in [5.41, 5.74) is 1.75. The van der Waals surface area contributed by atoms with Crippen molar-refractivity contribution in [1.29, 1.82) is 0 Å². The summed E-state index contributed by atoms with van der Waals surface area (Å²) in [4.78, 5) is 20.3. The standard InChI is InChI=1S/C14H17N3OS/c1-3-13-15-7-12(8-16-13)14(18)17-10(2)6-11-4-5-19-9-11/h4-5,7-10H,3,6H2,1-2H3,(H,17,18)/t10-/m0/s1. The summed E-state index contributed by atoms with van der Waals surface area (Å²) in [7, 11) is 0. The number of carbonyl (C=O) groups is 1. The SMILES string of the molecule is CCc1ncc(C(=O)N[C@@H](C)Cc2ccsc2)cn1. The van der Waals surface area contributed by atoms with E-state index in [0.717, 1.165) is 18.7 Å². The number of carbonyl (C=O) groups excluding carboxylic acids is 1. The Morgan fingerprint density at radius 1 is 1.42 bits per heavy atom. The molecule has 0 saturated heterocycles. The van der Waals surface area contributed by atoms with Crippen molar-refractivity contribution < 1.29 is 4.79 Å². The smallest absolute Gasteiger partial charge is 0.254 e. The number of aromatic nitrogens is 2. The van der Waals surface area contributed by atoms with Gasteiger partial charge < -0.3 is 5.32 Å². The molecule has 1 amide bonds. The molecule has 1 N–H and O–H groups in total. The zero-order valence-corrected chi connectivity index (χ0v) is 11.9. The van der Waals surface area contributed by atoms with Crippen LogP contribution in [0.4, 0.5) is 0 Å². The van der Waals surface area contributed by atoms with Crippen LogP contribution in [0.1, 0.15) is 35.6 Å². The van der Waals surface area contributed by atoms with Crippen LogP contribution in [0.3, 0.4) is 0 Å². The number of thiophene rings is 1. The highest BCUT2D eigenvalue weighted by Gasteiger charge is 2.11. The molecule has 0 spiro atoms. The van der Waals surface area contributed by atoms with Crippen molar-refractivity contribution in [2.75, 3.05) is 0 Å². The average Bonchev–Trinajstić information content (AvgIpc) is 2.91. The van der Waals surface area contributed by atoms with Crippen LogP contribution in [-0.4, -0.2) is 21.9 Å². The van der Waals surface area contributed by atoms with E-state index in [1.807, 2.05) is 19.2 Å². The van der Waals surface area contributed by atoms with E-state index in [-0.39, 0.29) is 11.9 Å². The Kier molecular flexibility index (Phi) is 4.63. The summed E-state index contributed by atoms with van der Waals surface area (Å²) in [6, 6.07) is 2.17. The molecule has 0 aliphatic carbocycles. The number of nitrogens with zero attached hydrogens (tertiary/aromatic N) is 2. The fourth-order valence-corrected chi connectivity index (χ4v) is 2.46. The van der Waals surface area contributed by atoms with Crippen LogP contribution in [0.5, 0.6) is 0 Å². The van der Waals surface area contributed by atoms with Crippen LogP contribution in [0, 0.1) is 0 Å². The summed E-state index contributed by atoms with van der Waals surface area (Å²) < 4.78 is 0. The average molecular weight is 275 g/mol. The fourth-order valence-electron chi connectivity index (χ4n) is 1.78. The highest BCUT2D eigenvalue weighted by molar-refractivity contribution is 7.07. The summed E-state index contributed by atoms with van der Waals surface area (Å²) in [6.45, 7) is 3.98. The van der Waals surface area contributed by atoms with Crippen LogP contribution in [-0.2, 0) is 12.8 Å². The molecule has 0 aromatic carbocycles. The Balaban J connectivity index is 1.92. The van der Waals surface area contributed by atoms with Gasteiger partial charge in [0.2, 0.25) is 0 Å². The third-order valence-corrected chi connectivity index (χ3v) is 3.52. The van der Waals surface area contributed by atoms with E-state index in [0.29, 0.717) is 5.56 Å². The van der Waals surface area contributed by atoms with E-state index >= 15 is 0 Å². The molecule has 0 saturated carbocycles. The Morgan fingerprint density at radius 2 is 2.16 bits per heavy atom. The van der Waals surface area contributed by atoms with Gasteiger partial charge >= 0.3 is 0 Å². The molecule has 0 fully saturated rings. The minimum atomic E-state index is -0.120. The largest absolute Gasteiger partial charge is 0.349 e. The van der Waals surface area contributed by atoms with Gasteiger partial charge in [0, 0.05) is 24.9 Å². The topological polar surface area (TPSA) is 54.9 Å². The van der Waals surface area contributed by atoms with E-state index in [9.17, 15) is 4.79 Å². The number of rotatable bonds is 5. The Bertz CT molecular complexity index is 522. The van der Waals surface area contributed by atoms with Crippen molar-refractivity contribution in [1.82, 2.24) is 15.3 Å². The van der Waals surface area contributed by atoms with E-state index in [1.165, 1.54) is 5.56 Å². The van der Waals surface area contributed by atoms with Crippen LogP contribution < -0.4 is 5.32 Å². The van der Waals surface area contributed by atoms with Crippen LogP contribution in [0.15, 0.2) is 29.2 Å². The quantitative estimate of drug-likeness (QED) is 0.912. The zero-order chi connectivity index (χ0) is 13.7. The highest BCUT2D eigenvalue weighted by atomic mass is 32.1. The zero-order valence-electron chi connectivity index (χ0n) is 11.1. The van der Waals surface area contributed by atoms with E-state index in [1.54, 1.807) is 23.7 Å². The molecule has 1 atom stereocenters. The first-order valence-corrected chi connectivity index (χ1v) is 7.26. The molecule has 2 rings (SSSR count). The van der Waals surface area contributed by atoms with Gasteiger partial charge in [-0.1, -0.05) is 6.92 Å². The van der Waals surface area contributed by atoms with Gasteiger partial charge in [-0.2, -0.15) is 11.3 Å². The van der Waals surface area contributed by atoms with Gasteiger partial charge in [0.05, 0.1) is 5.56 Å². The molecule has 0 radical (unpaired) electrons. The fraction of sp³-hybridized carbons (Fsp3) is 0.357. The predicted octanol–water partition coefficient (Wildman–Crippen LogP) is 2.46. The lowest BCUT2D eigenvalue weighted by atomic mass is 10.1. The second-order valence-corrected chi connectivity index (χ2v) is 5.23. The maximum atomic E-state index is 12.0. The van der Waals surface area contributed by atoms with Crippen LogP contribution >= 0.6 is 11.3 Å². The molecule has 2 aromatic heterocycles. The lowest BCUT2D eigenvalue weighted by Crippen LogP contribution is -2.34. The molecular weight excluding hydrogens is 258 g/mol. The number of amides is 1. The molecule has 5 heteroatoms. The summed E-state index contributed by atoms with van der Waals surface area (Å²) >= 11 is 1.67. The monoisotopic (exact) mass is 275 g/mol. The van der Waals surface area contributed by atoms with Gasteiger partial charge in [0.15, 0.2) is 0 Å². The van der Waals surface area contributed by atoms with Crippen molar-refractivity contribution in [3.8, 4) is 0 Å². The number of hydrogen-bond acceptors (Lipinski definition) is 4. The summed E-state index contributed by atoms with van der Waals surface area (Å²) in [6.07, 6.45) is 4.77. The van der Waals surface area contributed by atoms with Crippen molar-refractivity contribution in [3.63, 3.8) is 0 Å². The molecule has 0 unspecified atom stereocenters. The molecule has 0 aliphatic rings. The highest BCUT2D eigenvalue weighted by Crippen LogP contribution is 2.09. The Hall–Kier alpha value is -1.75. The minimum absolute atomic E-state index is 0.0907. The predicted molar refractivity (Wildman–Crippen MR) is 76.4 cm³/mol. The number of hydrogen-bond donors (Lipinski definition) is 1. The lowest BCUT2D eigenvalue weighted by Gasteiger charge is -2.12. The molecule has 19 heavy (non-hydrogen) atoms. The van der Waals surface area contributed by atoms with E-state index in [4.69, 9.17) is 0 Å².